The van der Waals surface area contributed by atoms with E-state index in [4.69, 9.17) is 9.76 Å². The molecule has 0 unspecified atom stereocenters. The van der Waals surface area contributed by atoms with Crippen molar-refractivity contribution in [3.8, 4) is 5.75 Å². The molecule has 0 fully saturated rings. The zero-order chi connectivity index (χ0) is 20.8. The average Bonchev–Trinajstić information content (AvgIpc) is 2.69. The third-order valence-electron chi connectivity index (χ3n) is 5.39. The second-order valence-electron chi connectivity index (χ2n) is 7.74. The molecule has 0 aliphatic carbocycles. The third-order valence-corrected chi connectivity index (χ3v) is 5.39. The summed E-state index contributed by atoms with van der Waals surface area (Å²) in [6.45, 7) is 1.68. The lowest BCUT2D eigenvalue weighted by molar-refractivity contribution is -0.118. The number of hydrogen-bond acceptors (Lipinski definition) is 5. The highest BCUT2D eigenvalue weighted by Gasteiger charge is 2.37. The van der Waals surface area contributed by atoms with E-state index in [0.29, 0.717) is 24.2 Å². The molecule has 0 radical (unpaired) electrons. The minimum atomic E-state index is -1.10. The Labute approximate surface area is 171 Å². The molecule has 0 aromatic heterocycles. The molecule has 2 N–H and O–H groups in total. The van der Waals surface area contributed by atoms with Crippen LogP contribution in [0.15, 0.2) is 42.5 Å². The lowest BCUT2D eigenvalue weighted by atomic mass is 9.64. The second kappa shape index (κ2) is 9.85. The van der Waals surface area contributed by atoms with Crippen LogP contribution < -0.4 is 4.65 Å². The fraction of sp³-hybridized carbons (Fsp3) is 0.391. The number of fused-ring (bicyclic) bond motifs is 1. The Morgan fingerprint density at radius 1 is 1.10 bits per heavy atom. The Morgan fingerprint density at radius 3 is 2.52 bits per heavy atom. The number of Topliss-reactive ketones (excluding diaryl/α,β-unsaturated/α-hetero) is 2. The van der Waals surface area contributed by atoms with Crippen molar-refractivity contribution in [2.75, 3.05) is 6.61 Å². The molecule has 29 heavy (non-hydrogen) atoms. The number of aryl methyl sites for hydroxylation is 1. The fourth-order valence-electron chi connectivity index (χ4n) is 3.79. The number of carbonyl (C=O) groups is 2. The van der Waals surface area contributed by atoms with Crippen LogP contribution >= 0.6 is 0 Å². The number of carbonyl (C=O) groups excluding carboxylic acids is 2. The van der Waals surface area contributed by atoms with E-state index in [1.165, 1.54) is 12.5 Å². The van der Waals surface area contributed by atoms with Gasteiger partial charge in [0.2, 0.25) is 0 Å². The summed E-state index contributed by atoms with van der Waals surface area (Å²) in [5.41, 5.74) is 3.47. The first-order chi connectivity index (χ1) is 14.0. The Morgan fingerprint density at radius 2 is 1.83 bits per heavy atom. The highest BCUT2D eigenvalue weighted by atomic mass is 16.5. The molecule has 0 bridgehead atoms. The van der Waals surface area contributed by atoms with Crippen LogP contribution in [0.5, 0.6) is 5.75 Å². The third kappa shape index (κ3) is 5.55. The molecule has 6 heteroatoms. The number of para-hydroxylation sites is 1. The van der Waals surface area contributed by atoms with Gasteiger partial charge < -0.3 is 14.8 Å². The summed E-state index contributed by atoms with van der Waals surface area (Å²) >= 11 is 0. The Bertz CT molecular complexity index is 862. The van der Waals surface area contributed by atoms with Gasteiger partial charge in [0.25, 0.3) is 0 Å². The van der Waals surface area contributed by atoms with Gasteiger partial charge in [-0.25, -0.2) is 0 Å². The van der Waals surface area contributed by atoms with E-state index in [1.54, 1.807) is 12.1 Å². The zero-order valence-electron chi connectivity index (χ0n) is 16.8. The molecule has 2 aromatic carbocycles. The van der Waals surface area contributed by atoms with Gasteiger partial charge in [-0.1, -0.05) is 36.4 Å². The van der Waals surface area contributed by atoms with Crippen LogP contribution in [0.3, 0.4) is 0 Å². The number of ketones is 2. The monoisotopic (exact) mass is 394 g/mol. The van der Waals surface area contributed by atoms with Gasteiger partial charge in [0.05, 0.1) is 5.56 Å². The summed E-state index contributed by atoms with van der Waals surface area (Å²) in [6, 6.07) is 13.4. The smallest absolute Gasteiger partial charge is 0.526 e. The van der Waals surface area contributed by atoms with Gasteiger partial charge in [-0.15, -0.1) is 0 Å². The van der Waals surface area contributed by atoms with Crippen molar-refractivity contribution in [3.05, 3.63) is 64.7 Å². The minimum absolute atomic E-state index is 0.0526. The lowest BCUT2D eigenvalue weighted by Gasteiger charge is -2.28. The summed E-state index contributed by atoms with van der Waals surface area (Å²) in [6.07, 6.45) is 3.71. The van der Waals surface area contributed by atoms with Gasteiger partial charge in [-0.05, 0) is 55.4 Å². The quantitative estimate of drug-likeness (QED) is 0.388. The second-order valence-corrected chi connectivity index (χ2v) is 7.74. The average molecular weight is 394 g/mol. The minimum Gasteiger partial charge on any atom is -0.535 e. The molecule has 5 nitrogen and oxygen atoms in total. The van der Waals surface area contributed by atoms with E-state index < -0.39 is 7.12 Å². The number of rotatable bonds is 9. The molecule has 1 aliphatic heterocycles. The van der Waals surface area contributed by atoms with Gasteiger partial charge in [0.1, 0.15) is 11.5 Å². The van der Waals surface area contributed by atoms with Gasteiger partial charge in [0.15, 0.2) is 5.78 Å². The molecular weight excluding hydrogens is 367 g/mol. The van der Waals surface area contributed by atoms with Gasteiger partial charge in [0, 0.05) is 25.3 Å². The van der Waals surface area contributed by atoms with Gasteiger partial charge in [-0.3, -0.25) is 9.59 Å². The summed E-state index contributed by atoms with van der Waals surface area (Å²) in [7, 11) is -1.10. The molecule has 152 valence electrons. The van der Waals surface area contributed by atoms with E-state index in [0.717, 1.165) is 30.4 Å². The molecule has 2 aromatic rings. The topological polar surface area (TPSA) is 83.8 Å². The molecule has 0 saturated carbocycles. The number of aliphatic hydroxyl groups is 1. The van der Waals surface area contributed by atoms with E-state index in [1.807, 2.05) is 30.3 Å². The van der Waals surface area contributed by atoms with Crippen LogP contribution in [0.2, 0.25) is 5.82 Å². The van der Waals surface area contributed by atoms with Crippen molar-refractivity contribution in [3.63, 3.8) is 0 Å². The van der Waals surface area contributed by atoms with Crippen molar-refractivity contribution >= 4 is 18.7 Å². The Hall–Kier alpha value is -2.44. The summed E-state index contributed by atoms with van der Waals surface area (Å²) in [4.78, 5) is 24.3. The number of unbranched alkanes of at least 4 members (excludes halogenated alkanes) is 1. The van der Waals surface area contributed by atoms with Crippen molar-refractivity contribution < 1.29 is 24.4 Å². The van der Waals surface area contributed by atoms with Gasteiger partial charge >= 0.3 is 7.12 Å². The molecule has 1 aliphatic rings. The highest BCUT2D eigenvalue weighted by Crippen LogP contribution is 2.36. The standard InChI is InChI=1S/C23H27BO5/c1-16(26)22-7-4-6-19-14-20(24(28)29-23(19)22)15-21(27)13-18-10-8-17(9-11-18)5-2-3-12-25/h4,6-11,20,25,28H,2-3,5,12-15H2,1H3/t20-/m1/s1. The van der Waals surface area contributed by atoms with E-state index in [2.05, 4.69) is 0 Å². The molecule has 0 spiro atoms. The molecule has 1 heterocycles. The molecular formula is C23H27BO5. The zero-order valence-corrected chi connectivity index (χ0v) is 16.8. The fourth-order valence-corrected chi connectivity index (χ4v) is 3.79. The Balaban J connectivity index is 1.58. The van der Waals surface area contributed by atoms with Gasteiger partial charge in [-0.2, -0.15) is 0 Å². The van der Waals surface area contributed by atoms with Crippen LogP contribution in [0.25, 0.3) is 0 Å². The highest BCUT2D eigenvalue weighted by molar-refractivity contribution is 6.47. The predicted molar refractivity (Wildman–Crippen MR) is 112 cm³/mol. The molecule has 1 atom stereocenters. The molecule has 0 amide bonds. The predicted octanol–water partition coefficient (Wildman–Crippen LogP) is 3.19. The summed E-state index contributed by atoms with van der Waals surface area (Å²) in [5.74, 6) is 0.0585. The Kier molecular flexibility index (Phi) is 7.23. The summed E-state index contributed by atoms with van der Waals surface area (Å²) < 4.78 is 5.62. The normalized spacial score (nSPS) is 15.6. The number of aliphatic hydroxyl groups excluding tert-OH is 1. The van der Waals surface area contributed by atoms with Crippen LogP contribution in [-0.2, 0) is 24.1 Å². The van der Waals surface area contributed by atoms with Crippen LogP contribution in [-0.4, -0.2) is 35.4 Å². The molecule has 0 saturated heterocycles. The van der Waals surface area contributed by atoms with E-state index in [-0.39, 0.29) is 30.4 Å². The first-order valence-electron chi connectivity index (χ1n) is 10.2. The van der Waals surface area contributed by atoms with Crippen LogP contribution in [0, 0.1) is 0 Å². The summed E-state index contributed by atoms with van der Waals surface area (Å²) in [5, 5.41) is 19.2. The van der Waals surface area contributed by atoms with Crippen LogP contribution in [0.4, 0.5) is 0 Å². The molecule has 3 rings (SSSR count). The first kappa shape index (κ1) is 21.3. The largest absolute Gasteiger partial charge is 0.535 e. The maximum atomic E-state index is 12.6. The maximum Gasteiger partial charge on any atom is 0.526 e. The maximum absolute atomic E-state index is 12.6. The van der Waals surface area contributed by atoms with E-state index >= 15 is 0 Å². The number of benzene rings is 2. The van der Waals surface area contributed by atoms with Crippen molar-refractivity contribution in [2.45, 2.75) is 51.3 Å². The van der Waals surface area contributed by atoms with Crippen molar-refractivity contribution in [1.82, 2.24) is 0 Å². The van der Waals surface area contributed by atoms with Crippen molar-refractivity contribution in [1.29, 1.82) is 0 Å². The van der Waals surface area contributed by atoms with Crippen LogP contribution in [0.1, 0.15) is 53.2 Å². The lowest BCUT2D eigenvalue weighted by Crippen LogP contribution is -2.36. The van der Waals surface area contributed by atoms with Crippen molar-refractivity contribution in [2.24, 2.45) is 0 Å². The SMILES string of the molecule is CC(=O)c1cccc2c1OB(O)[C@@H](CC(=O)Cc1ccc(CCCCO)cc1)C2. The van der Waals surface area contributed by atoms with E-state index in [9.17, 15) is 14.6 Å². The number of hydrogen-bond donors (Lipinski definition) is 2. The first-order valence-corrected chi connectivity index (χ1v) is 10.2.